The molecule has 20 heavy (non-hydrogen) atoms. The summed E-state index contributed by atoms with van der Waals surface area (Å²) in [5, 5.41) is 0. The van der Waals surface area contributed by atoms with Crippen molar-refractivity contribution in [2.24, 2.45) is 15.9 Å². The number of allylic oxidation sites excluding steroid dienone is 8. The van der Waals surface area contributed by atoms with Gasteiger partial charge in [0.1, 0.15) is 0 Å². The monoisotopic (exact) mass is 260 g/mol. The molecule has 0 N–H and O–H groups in total. The summed E-state index contributed by atoms with van der Waals surface area (Å²) >= 11 is 0. The average Bonchev–Trinajstić information content (AvgIpc) is 2.91. The Balaban J connectivity index is 2.02. The molecule has 1 heterocycles. The molecule has 0 amide bonds. The van der Waals surface area contributed by atoms with Crippen LogP contribution >= 0.6 is 0 Å². The average molecular weight is 260 g/mol. The van der Waals surface area contributed by atoms with Crippen LogP contribution in [0, 0.1) is 5.92 Å². The van der Waals surface area contributed by atoms with E-state index in [2.05, 4.69) is 37.0 Å². The summed E-state index contributed by atoms with van der Waals surface area (Å²) in [6.45, 7) is 9.71. The first kappa shape index (κ1) is 12.6. The van der Waals surface area contributed by atoms with Crippen molar-refractivity contribution in [1.29, 1.82) is 0 Å². The molecule has 0 spiro atoms. The van der Waals surface area contributed by atoms with Gasteiger partial charge in [0.25, 0.3) is 0 Å². The van der Waals surface area contributed by atoms with Crippen molar-refractivity contribution in [2.75, 3.05) is 0 Å². The van der Waals surface area contributed by atoms with E-state index < -0.39 is 0 Å². The van der Waals surface area contributed by atoms with Crippen LogP contribution in [0.2, 0.25) is 0 Å². The molecular weight excluding hydrogens is 244 g/mol. The molecule has 2 nitrogen and oxygen atoms in total. The molecule has 1 aliphatic heterocycles. The Morgan fingerprint density at radius 3 is 3.10 bits per heavy atom. The molecular formula is C18H16N2. The first-order valence-electron chi connectivity index (χ1n) is 6.71. The molecule has 1 atom stereocenters. The van der Waals surface area contributed by atoms with Gasteiger partial charge in [0.2, 0.25) is 0 Å². The lowest BCUT2D eigenvalue weighted by Gasteiger charge is -2.12. The van der Waals surface area contributed by atoms with E-state index in [4.69, 9.17) is 4.99 Å². The fraction of sp³-hybridized carbons (Fsp3) is 0.167. The molecule has 0 fully saturated rings. The van der Waals surface area contributed by atoms with Crippen LogP contribution in [-0.4, -0.2) is 12.4 Å². The molecule has 0 aromatic carbocycles. The molecule has 0 radical (unpaired) electrons. The molecule has 2 heteroatoms. The number of hydrogen-bond acceptors (Lipinski definition) is 2. The lowest BCUT2D eigenvalue weighted by atomic mass is 9.90. The van der Waals surface area contributed by atoms with Crippen LogP contribution < -0.4 is 0 Å². The van der Waals surface area contributed by atoms with Gasteiger partial charge < -0.3 is 0 Å². The zero-order chi connectivity index (χ0) is 14.1. The lowest BCUT2D eigenvalue weighted by molar-refractivity contribution is 0.966. The van der Waals surface area contributed by atoms with Gasteiger partial charge in [0.15, 0.2) is 0 Å². The summed E-state index contributed by atoms with van der Waals surface area (Å²) in [5.74, 6) is 0.263. The van der Waals surface area contributed by atoms with Crippen molar-refractivity contribution in [3.63, 3.8) is 0 Å². The Labute approximate surface area is 119 Å². The second-order valence-corrected chi connectivity index (χ2v) is 4.94. The van der Waals surface area contributed by atoms with Crippen molar-refractivity contribution >= 4 is 12.4 Å². The molecule has 0 saturated heterocycles. The van der Waals surface area contributed by atoms with Gasteiger partial charge in [-0.3, -0.25) is 9.98 Å². The van der Waals surface area contributed by atoms with Crippen LogP contribution in [0.25, 0.3) is 0 Å². The van der Waals surface area contributed by atoms with E-state index in [9.17, 15) is 0 Å². The fourth-order valence-electron chi connectivity index (χ4n) is 2.81. The van der Waals surface area contributed by atoms with E-state index in [1.54, 1.807) is 0 Å². The number of hydrogen-bond donors (Lipinski definition) is 0. The Morgan fingerprint density at radius 2 is 2.35 bits per heavy atom. The quantitative estimate of drug-likeness (QED) is 0.539. The van der Waals surface area contributed by atoms with Crippen molar-refractivity contribution in [3.8, 4) is 0 Å². The van der Waals surface area contributed by atoms with Gasteiger partial charge >= 0.3 is 0 Å². The fourth-order valence-corrected chi connectivity index (χ4v) is 2.81. The van der Waals surface area contributed by atoms with Crippen LogP contribution in [0.15, 0.2) is 86.9 Å². The summed E-state index contributed by atoms with van der Waals surface area (Å²) in [7, 11) is 0. The second kappa shape index (κ2) is 4.92. The van der Waals surface area contributed by atoms with Gasteiger partial charge in [-0.2, -0.15) is 0 Å². The zero-order valence-electron chi connectivity index (χ0n) is 11.6. The molecule has 98 valence electrons. The molecule has 0 aromatic rings. The summed E-state index contributed by atoms with van der Waals surface area (Å²) in [4.78, 5) is 8.90. The van der Waals surface area contributed by atoms with Gasteiger partial charge in [0.05, 0.1) is 17.1 Å². The topological polar surface area (TPSA) is 24.7 Å². The first-order chi connectivity index (χ1) is 9.76. The molecule has 0 aromatic heterocycles. The highest BCUT2D eigenvalue weighted by molar-refractivity contribution is 6.10. The maximum Gasteiger partial charge on any atom is 0.0678 e. The van der Waals surface area contributed by atoms with Crippen LogP contribution in [0.3, 0.4) is 0 Å². The minimum Gasteiger partial charge on any atom is -0.268 e. The zero-order valence-corrected chi connectivity index (χ0v) is 11.6. The lowest BCUT2D eigenvalue weighted by Crippen LogP contribution is -2.12. The van der Waals surface area contributed by atoms with Gasteiger partial charge in [0, 0.05) is 23.5 Å². The van der Waals surface area contributed by atoms with Crippen molar-refractivity contribution in [2.45, 2.75) is 13.3 Å². The SMILES string of the molecule is C=CC1=C(N=C)CC=C1C1=NC2=C(C=C=CC=C2)C1C. The summed E-state index contributed by atoms with van der Waals surface area (Å²) in [6, 6.07) is 0. The standard InChI is InChI=1S/C18H16N2/c1-4-13-15(10-11-16(13)19-3)18-12(2)14-8-6-5-7-9-17(14)20-18/h4-5,7-10,12H,1,3,11H2,2H3. The second-order valence-electron chi connectivity index (χ2n) is 4.94. The normalized spacial score (nSPS) is 23.8. The van der Waals surface area contributed by atoms with Crippen molar-refractivity contribution in [3.05, 3.63) is 76.9 Å². The minimum absolute atomic E-state index is 0.263. The predicted octanol–water partition coefficient (Wildman–Crippen LogP) is 4.08. The van der Waals surface area contributed by atoms with Gasteiger partial charge in [-0.25, -0.2) is 0 Å². The molecule has 0 saturated carbocycles. The third kappa shape index (κ3) is 1.82. The number of rotatable bonds is 3. The minimum atomic E-state index is 0.263. The highest BCUT2D eigenvalue weighted by Gasteiger charge is 2.29. The van der Waals surface area contributed by atoms with E-state index in [0.717, 1.165) is 34.7 Å². The van der Waals surface area contributed by atoms with Gasteiger partial charge in [-0.05, 0) is 30.5 Å². The molecule has 0 bridgehead atoms. The van der Waals surface area contributed by atoms with Gasteiger partial charge in [-0.15, -0.1) is 5.73 Å². The van der Waals surface area contributed by atoms with Crippen molar-refractivity contribution in [1.82, 2.24) is 0 Å². The maximum absolute atomic E-state index is 4.81. The molecule has 3 rings (SSSR count). The summed E-state index contributed by atoms with van der Waals surface area (Å²) in [6.07, 6.45) is 12.8. The Hall–Kier alpha value is -2.44. The van der Waals surface area contributed by atoms with Crippen LogP contribution in [0.1, 0.15) is 13.3 Å². The highest BCUT2D eigenvalue weighted by Crippen LogP contribution is 2.37. The van der Waals surface area contributed by atoms with E-state index in [1.807, 2.05) is 30.4 Å². The summed E-state index contributed by atoms with van der Waals surface area (Å²) in [5.41, 5.74) is 9.68. The summed E-state index contributed by atoms with van der Waals surface area (Å²) < 4.78 is 0. The van der Waals surface area contributed by atoms with E-state index in [1.165, 1.54) is 5.57 Å². The third-order valence-corrected chi connectivity index (χ3v) is 3.87. The van der Waals surface area contributed by atoms with Crippen LogP contribution in [0.4, 0.5) is 0 Å². The Bertz CT molecular complexity index is 715. The number of nitrogens with zero attached hydrogens (tertiary/aromatic N) is 2. The Kier molecular flexibility index (Phi) is 3.09. The Morgan fingerprint density at radius 1 is 1.50 bits per heavy atom. The third-order valence-electron chi connectivity index (χ3n) is 3.87. The van der Waals surface area contributed by atoms with E-state index in [0.29, 0.717) is 0 Å². The van der Waals surface area contributed by atoms with E-state index >= 15 is 0 Å². The van der Waals surface area contributed by atoms with Crippen molar-refractivity contribution < 1.29 is 0 Å². The van der Waals surface area contributed by atoms with E-state index in [-0.39, 0.29) is 5.92 Å². The smallest absolute Gasteiger partial charge is 0.0678 e. The molecule has 3 aliphatic rings. The maximum atomic E-state index is 4.81. The van der Waals surface area contributed by atoms with Gasteiger partial charge in [-0.1, -0.05) is 31.7 Å². The highest BCUT2D eigenvalue weighted by atomic mass is 14.8. The molecule has 2 aliphatic carbocycles. The predicted molar refractivity (Wildman–Crippen MR) is 84.9 cm³/mol. The van der Waals surface area contributed by atoms with Crippen LogP contribution in [0.5, 0.6) is 0 Å². The first-order valence-corrected chi connectivity index (χ1v) is 6.71. The largest absolute Gasteiger partial charge is 0.268 e. The van der Waals surface area contributed by atoms with Crippen LogP contribution in [-0.2, 0) is 0 Å². The molecule has 1 unspecified atom stereocenters. The number of aliphatic imine (C=N–C) groups is 2.